The highest BCUT2D eigenvalue weighted by molar-refractivity contribution is 7.89. The van der Waals surface area contributed by atoms with Gasteiger partial charge in [-0.3, -0.25) is 4.79 Å². The van der Waals surface area contributed by atoms with E-state index in [2.05, 4.69) is 5.32 Å². The van der Waals surface area contributed by atoms with Crippen molar-refractivity contribution < 1.29 is 13.2 Å². The van der Waals surface area contributed by atoms with E-state index < -0.39 is 10.0 Å². The predicted molar refractivity (Wildman–Crippen MR) is 107 cm³/mol. The summed E-state index contributed by atoms with van der Waals surface area (Å²) in [6, 6.07) is 14.2. The number of sulfonamides is 1. The third-order valence-electron chi connectivity index (χ3n) is 4.96. The molecular weight excluding hydrogens is 360 g/mol. The van der Waals surface area contributed by atoms with Gasteiger partial charge in [0.2, 0.25) is 15.9 Å². The Morgan fingerprint density at radius 3 is 2.22 bits per heavy atom. The van der Waals surface area contributed by atoms with Crippen LogP contribution >= 0.6 is 0 Å². The number of benzene rings is 2. The summed E-state index contributed by atoms with van der Waals surface area (Å²) in [7, 11) is -3.60. The minimum absolute atomic E-state index is 0.158. The summed E-state index contributed by atoms with van der Waals surface area (Å²) in [5.41, 5.74) is 2.87. The number of hydrogen-bond acceptors (Lipinski definition) is 3. The summed E-state index contributed by atoms with van der Waals surface area (Å²) in [6.45, 7) is 4.37. The zero-order chi connectivity index (χ0) is 19.4. The number of rotatable bonds is 5. The molecule has 1 aliphatic rings. The minimum atomic E-state index is -3.60. The molecule has 2 aromatic carbocycles. The van der Waals surface area contributed by atoms with Crippen molar-refractivity contribution in [3.8, 4) is 0 Å². The molecule has 1 atom stereocenters. The van der Waals surface area contributed by atoms with Crippen LogP contribution in [0.15, 0.2) is 53.4 Å². The highest BCUT2D eigenvalue weighted by Crippen LogP contribution is 2.27. The molecule has 5 nitrogen and oxygen atoms in total. The van der Waals surface area contributed by atoms with Gasteiger partial charge in [-0.1, -0.05) is 41.8 Å². The van der Waals surface area contributed by atoms with Crippen LogP contribution in [0.5, 0.6) is 0 Å². The quantitative estimate of drug-likeness (QED) is 0.848. The van der Waals surface area contributed by atoms with Gasteiger partial charge in [0.25, 0.3) is 0 Å². The molecule has 0 aliphatic carbocycles. The molecule has 1 heterocycles. The lowest BCUT2D eigenvalue weighted by Crippen LogP contribution is -2.45. The first-order chi connectivity index (χ1) is 12.9. The van der Waals surface area contributed by atoms with Crippen molar-refractivity contribution in [2.45, 2.75) is 50.5 Å². The molecule has 1 aliphatic heterocycles. The predicted octanol–water partition coefficient (Wildman–Crippen LogP) is 3.88. The largest absolute Gasteiger partial charge is 0.326 e. The molecule has 1 N–H and O–H groups in total. The summed E-state index contributed by atoms with van der Waals surface area (Å²) in [5.74, 6) is -0.158. The van der Waals surface area contributed by atoms with Crippen molar-refractivity contribution in [3.63, 3.8) is 0 Å². The van der Waals surface area contributed by atoms with Gasteiger partial charge in [0, 0.05) is 24.7 Å². The molecule has 0 radical (unpaired) electrons. The number of anilines is 1. The van der Waals surface area contributed by atoms with Crippen LogP contribution in [0.2, 0.25) is 0 Å². The molecule has 1 amide bonds. The molecule has 0 saturated carbocycles. The second-order valence-corrected chi connectivity index (χ2v) is 9.09. The standard InChI is InChI=1S/C21H26N2O3S/c1-16-6-10-18(11-7-16)22-21(24)15-19-5-3-4-14-23(19)27(25,26)20-12-8-17(2)9-13-20/h6-13,19H,3-5,14-15H2,1-2H3,(H,22,24). The third-order valence-corrected chi connectivity index (χ3v) is 6.92. The second kappa shape index (κ2) is 8.23. The topological polar surface area (TPSA) is 66.5 Å². The summed E-state index contributed by atoms with van der Waals surface area (Å²) >= 11 is 0. The lowest BCUT2D eigenvalue weighted by atomic mass is 10.0. The van der Waals surface area contributed by atoms with Gasteiger partial charge in [-0.25, -0.2) is 8.42 Å². The number of carbonyl (C=O) groups excluding carboxylic acids is 1. The first kappa shape index (κ1) is 19.6. The highest BCUT2D eigenvalue weighted by atomic mass is 32.2. The van der Waals surface area contributed by atoms with Crippen LogP contribution in [-0.2, 0) is 14.8 Å². The van der Waals surface area contributed by atoms with Crippen LogP contribution in [0.4, 0.5) is 5.69 Å². The molecule has 1 fully saturated rings. The zero-order valence-electron chi connectivity index (χ0n) is 15.8. The Bertz CT molecular complexity index is 890. The van der Waals surface area contributed by atoms with E-state index in [0.717, 1.165) is 29.7 Å². The fraction of sp³-hybridized carbons (Fsp3) is 0.381. The normalized spacial score (nSPS) is 18.2. The monoisotopic (exact) mass is 386 g/mol. The highest BCUT2D eigenvalue weighted by Gasteiger charge is 2.34. The first-order valence-electron chi connectivity index (χ1n) is 9.31. The first-order valence-corrected chi connectivity index (χ1v) is 10.8. The fourth-order valence-electron chi connectivity index (χ4n) is 3.40. The molecule has 0 bridgehead atoms. The van der Waals surface area contributed by atoms with Crippen molar-refractivity contribution >= 4 is 21.6 Å². The van der Waals surface area contributed by atoms with Gasteiger partial charge >= 0.3 is 0 Å². The van der Waals surface area contributed by atoms with E-state index >= 15 is 0 Å². The van der Waals surface area contributed by atoms with Crippen molar-refractivity contribution in [2.75, 3.05) is 11.9 Å². The maximum atomic E-state index is 13.1. The molecule has 0 spiro atoms. The Morgan fingerprint density at radius 1 is 1.00 bits per heavy atom. The van der Waals surface area contributed by atoms with Crippen LogP contribution in [0.1, 0.15) is 36.8 Å². The number of nitrogens with one attached hydrogen (secondary N) is 1. The van der Waals surface area contributed by atoms with E-state index in [-0.39, 0.29) is 18.4 Å². The van der Waals surface area contributed by atoms with Gasteiger partial charge in [-0.2, -0.15) is 4.31 Å². The van der Waals surface area contributed by atoms with Crippen LogP contribution < -0.4 is 5.32 Å². The second-order valence-electron chi connectivity index (χ2n) is 7.20. The number of piperidine rings is 1. The average molecular weight is 387 g/mol. The van der Waals surface area contributed by atoms with Crippen LogP contribution in [0.25, 0.3) is 0 Å². The molecule has 27 heavy (non-hydrogen) atoms. The molecule has 144 valence electrons. The smallest absolute Gasteiger partial charge is 0.243 e. The Kier molecular flexibility index (Phi) is 5.97. The van der Waals surface area contributed by atoms with E-state index in [1.165, 1.54) is 4.31 Å². The molecule has 1 unspecified atom stereocenters. The number of carbonyl (C=O) groups is 1. The molecule has 1 saturated heterocycles. The Labute approximate surface area is 161 Å². The van der Waals surface area contributed by atoms with E-state index in [0.29, 0.717) is 17.9 Å². The lowest BCUT2D eigenvalue weighted by molar-refractivity contribution is -0.117. The maximum Gasteiger partial charge on any atom is 0.243 e. The maximum absolute atomic E-state index is 13.1. The van der Waals surface area contributed by atoms with Gasteiger partial charge in [0.15, 0.2) is 0 Å². The van der Waals surface area contributed by atoms with Crippen molar-refractivity contribution in [2.24, 2.45) is 0 Å². The Hall–Kier alpha value is -2.18. The van der Waals surface area contributed by atoms with E-state index in [9.17, 15) is 13.2 Å². The molecule has 2 aromatic rings. The van der Waals surface area contributed by atoms with Crippen molar-refractivity contribution in [1.29, 1.82) is 0 Å². The van der Waals surface area contributed by atoms with E-state index in [1.807, 2.05) is 38.1 Å². The van der Waals surface area contributed by atoms with Crippen molar-refractivity contribution in [3.05, 3.63) is 59.7 Å². The number of aryl methyl sites for hydroxylation is 2. The van der Waals surface area contributed by atoms with Gasteiger partial charge in [-0.15, -0.1) is 0 Å². The number of hydrogen-bond donors (Lipinski definition) is 1. The SMILES string of the molecule is Cc1ccc(NC(=O)CC2CCCCN2S(=O)(=O)c2ccc(C)cc2)cc1. The Balaban J connectivity index is 1.73. The Morgan fingerprint density at radius 2 is 1.59 bits per heavy atom. The number of nitrogens with zero attached hydrogens (tertiary/aromatic N) is 1. The van der Waals surface area contributed by atoms with Gasteiger partial charge in [0.1, 0.15) is 0 Å². The fourth-order valence-corrected chi connectivity index (χ4v) is 5.10. The van der Waals surface area contributed by atoms with E-state index in [4.69, 9.17) is 0 Å². The van der Waals surface area contributed by atoms with Crippen LogP contribution in [-0.4, -0.2) is 31.2 Å². The summed E-state index contributed by atoms with van der Waals surface area (Å²) < 4.78 is 27.7. The molecule has 3 rings (SSSR count). The molecule has 6 heteroatoms. The van der Waals surface area contributed by atoms with Crippen molar-refractivity contribution in [1.82, 2.24) is 4.31 Å². The van der Waals surface area contributed by atoms with Gasteiger partial charge in [-0.05, 0) is 51.0 Å². The molecule has 0 aromatic heterocycles. The van der Waals surface area contributed by atoms with Gasteiger partial charge in [0.05, 0.1) is 4.90 Å². The van der Waals surface area contributed by atoms with Crippen LogP contribution in [0.3, 0.4) is 0 Å². The summed E-state index contributed by atoms with van der Waals surface area (Å²) in [5, 5.41) is 2.88. The summed E-state index contributed by atoms with van der Waals surface area (Å²) in [4.78, 5) is 12.8. The average Bonchev–Trinajstić information content (AvgIpc) is 2.64. The third kappa shape index (κ3) is 4.76. The van der Waals surface area contributed by atoms with Crippen LogP contribution in [0, 0.1) is 13.8 Å². The van der Waals surface area contributed by atoms with E-state index in [1.54, 1.807) is 24.3 Å². The summed E-state index contributed by atoms with van der Waals surface area (Å²) in [6.07, 6.45) is 2.62. The minimum Gasteiger partial charge on any atom is -0.326 e. The lowest BCUT2D eigenvalue weighted by Gasteiger charge is -2.34. The zero-order valence-corrected chi connectivity index (χ0v) is 16.6. The number of amides is 1. The van der Waals surface area contributed by atoms with Gasteiger partial charge < -0.3 is 5.32 Å². The molecular formula is C21H26N2O3S.